The molecule has 92 valence electrons. The molecule has 1 rings (SSSR count). The molecule has 0 saturated heterocycles. The van der Waals surface area contributed by atoms with Crippen LogP contribution in [0.3, 0.4) is 0 Å². The zero-order valence-corrected chi connectivity index (χ0v) is 11.2. The van der Waals surface area contributed by atoms with Gasteiger partial charge >= 0.3 is 0 Å². The number of hydrogen-bond donors (Lipinski definition) is 1. The summed E-state index contributed by atoms with van der Waals surface area (Å²) in [4.78, 5) is 0. The summed E-state index contributed by atoms with van der Waals surface area (Å²) >= 11 is 0. The average molecular weight is 223 g/mol. The fraction of sp³-hybridized carbons (Fsp3) is 0.769. The van der Waals surface area contributed by atoms with Crippen LogP contribution in [0.5, 0.6) is 0 Å². The molecule has 0 radical (unpaired) electrons. The van der Waals surface area contributed by atoms with Gasteiger partial charge in [-0.2, -0.15) is 5.10 Å². The summed E-state index contributed by atoms with van der Waals surface area (Å²) in [6.45, 7) is 10.1. The second-order valence-electron chi connectivity index (χ2n) is 5.53. The van der Waals surface area contributed by atoms with Gasteiger partial charge in [-0.05, 0) is 37.3 Å². The van der Waals surface area contributed by atoms with Crippen LogP contribution in [0.2, 0.25) is 0 Å². The van der Waals surface area contributed by atoms with Crippen LogP contribution in [0.1, 0.15) is 39.7 Å². The third kappa shape index (κ3) is 4.35. The summed E-state index contributed by atoms with van der Waals surface area (Å²) < 4.78 is 1.87. The standard InChI is InChI=1S/C13H25N3/c1-6-14-11(2)7-13(3,4)8-12-9-15-16(5)10-12/h9-11,14H,6-8H2,1-5H3. The SMILES string of the molecule is CCNC(C)CC(C)(C)Cc1cnn(C)c1. The van der Waals surface area contributed by atoms with Crippen LogP contribution in [0.15, 0.2) is 12.4 Å². The molecule has 16 heavy (non-hydrogen) atoms. The molecule has 1 unspecified atom stereocenters. The molecular weight excluding hydrogens is 198 g/mol. The molecule has 0 saturated carbocycles. The first-order valence-corrected chi connectivity index (χ1v) is 6.14. The van der Waals surface area contributed by atoms with Gasteiger partial charge < -0.3 is 5.32 Å². The lowest BCUT2D eigenvalue weighted by Crippen LogP contribution is -2.32. The molecule has 3 heteroatoms. The van der Waals surface area contributed by atoms with Crippen molar-refractivity contribution in [3.05, 3.63) is 18.0 Å². The van der Waals surface area contributed by atoms with Crippen molar-refractivity contribution < 1.29 is 0 Å². The summed E-state index contributed by atoms with van der Waals surface area (Å²) in [5.74, 6) is 0. The maximum atomic E-state index is 4.22. The lowest BCUT2D eigenvalue weighted by molar-refractivity contribution is 0.289. The molecule has 0 amide bonds. The van der Waals surface area contributed by atoms with Gasteiger partial charge in [-0.15, -0.1) is 0 Å². The fourth-order valence-electron chi connectivity index (χ4n) is 2.44. The zero-order valence-electron chi connectivity index (χ0n) is 11.2. The van der Waals surface area contributed by atoms with Crippen LogP contribution >= 0.6 is 0 Å². The van der Waals surface area contributed by atoms with Crippen molar-refractivity contribution in [2.45, 2.75) is 46.6 Å². The average Bonchev–Trinajstić information content (AvgIpc) is 2.49. The maximum absolute atomic E-state index is 4.22. The molecule has 0 fully saturated rings. The Morgan fingerprint density at radius 2 is 2.19 bits per heavy atom. The van der Waals surface area contributed by atoms with Crippen LogP contribution in [-0.4, -0.2) is 22.4 Å². The Labute approximate surface area is 99.2 Å². The first kappa shape index (κ1) is 13.2. The number of aryl methyl sites for hydroxylation is 1. The molecule has 0 aliphatic rings. The van der Waals surface area contributed by atoms with E-state index in [-0.39, 0.29) is 0 Å². The quantitative estimate of drug-likeness (QED) is 0.802. The highest BCUT2D eigenvalue weighted by Gasteiger charge is 2.21. The zero-order chi connectivity index (χ0) is 12.2. The molecule has 1 aromatic heterocycles. The minimum absolute atomic E-state index is 0.324. The van der Waals surface area contributed by atoms with Crippen molar-refractivity contribution in [2.24, 2.45) is 12.5 Å². The van der Waals surface area contributed by atoms with Crippen molar-refractivity contribution in [2.75, 3.05) is 6.54 Å². The molecule has 0 aromatic carbocycles. The van der Waals surface area contributed by atoms with Crippen molar-refractivity contribution in [1.82, 2.24) is 15.1 Å². The largest absolute Gasteiger partial charge is 0.315 e. The molecular formula is C13H25N3. The first-order chi connectivity index (χ1) is 7.43. The normalized spacial score (nSPS) is 14.1. The second-order valence-corrected chi connectivity index (χ2v) is 5.53. The highest BCUT2D eigenvalue weighted by Crippen LogP contribution is 2.27. The maximum Gasteiger partial charge on any atom is 0.0521 e. The van der Waals surface area contributed by atoms with E-state index in [1.54, 1.807) is 0 Å². The van der Waals surface area contributed by atoms with Crippen molar-refractivity contribution >= 4 is 0 Å². The van der Waals surface area contributed by atoms with E-state index in [4.69, 9.17) is 0 Å². The van der Waals surface area contributed by atoms with Gasteiger partial charge in [0.25, 0.3) is 0 Å². The number of aromatic nitrogens is 2. The van der Waals surface area contributed by atoms with E-state index in [0.717, 1.165) is 13.0 Å². The van der Waals surface area contributed by atoms with Gasteiger partial charge in [0, 0.05) is 19.3 Å². The molecule has 0 aliphatic carbocycles. The Morgan fingerprint density at radius 1 is 1.50 bits per heavy atom. The van der Waals surface area contributed by atoms with E-state index >= 15 is 0 Å². The minimum atomic E-state index is 0.324. The second kappa shape index (κ2) is 5.48. The van der Waals surface area contributed by atoms with Crippen molar-refractivity contribution in [1.29, 1.82) is 0 Å². The summed E-state index contributed by atoms with van der Waals surface area (Å²) in [5, 5.41) is 7.69. The molecule has 0 aliphatic heterocycles. The summed E-state index contributed by atoms with van der Waals surface area (Å²) in [6, 6.07) is 0.580. The van der Waals surface area contributed by atoms with Gasteiger partial charge in [0.2, 0.25) is 0 Å². The van der Waals surface area contributed by atoms with E-state index in [2.05, 4.69) is 44.3 Å². The predicted octanol–water partition coefficient (Wildman–Crippen LogP) is 2.38. The van der Waals surface area contributed by atoms with Gasteiger partial charge in [-0.25, -0.2) is 0 Å². The van der Waals surface area contributed by atoms with Crippen LogP contribution in [0, 0.1) is 5.41 Å². The minimum Gasteiger partial charge on any atom is -0.315 e. The molecule has 1 N–H and O–H groups in total. The summed E-state index contributed by atoms with van der Waals surface area (Å²) in [6.07, 6.45) is 6.37. The number of hydrogen-bond acceptors (Lipinski definition) is 2. The Kier molecular flexibility index (Phi) is 4.54. The highest BCUT2D eigenvalue weighted by molar-refractivity contribution is 5.06. The van der Waals surface area contributed by atoms with Gasteiger partial charge in [-0.1, -0.05) is 20.8 Å². The third-order valence-corrected chi connectivity index (χ3v) is 2.85. The van der Waals surface area contributed by atoms with E-state index in [0.29, 0.717) is 11.5 Å². The third-order valence-electron chi connectivity index (χ3n) is 2.85. The Hall–Kier alpha value is -0.830. The van der Waals surface area contributed by atoms with Crippen molar-refractivity contribution in [3.8, 4) is 0 Å². The lowest BCUT2D eigenvalue weighted by atomic mass is 9.81. The monoisotopic (exact) mass is 223 g/mol. The van der Waals surface area contributed by atoms with Crippen LogP contribution in [0.25, 0.3) is 0 Å². The highest BCUT2D eigenvalue weighted by atomic mass is 15.2. The summed E-state index contributed by atoms with van der Waals surface area (Å²) in [7, 11) is 1.97. The van der Waals surface area contributed by atoms with Gasteiger partial charge in [0.1, 0.15) is 0 Å². The van der Waals surface area contributed by atoms with E-state index in [1.165, 1.54) is 12.0 Å². The van der Waals surface area contributed by atoms with Gasteiger partial charge in [-0.3, -0.25) is 4.68 Å². The Balaban J connectivity index is 2.50. The smallest absolute Gasteiger partial charge is 0.0521 e. The molecule has 1 heterocycles. The fourth-order valence-corrected chi connectivity index (χ4v) is 2.44. The van der Waals surface area contributed by atoms with E-state index in [1.807, 2.05) is 17.9 Å². The molecule has 3 nitrogen and oxygen atoms in total. The van der Waals surface area contributed by atoms with E-state index in [9.17, 15) is 0 Å². The van der Waals surface area contributed by atoms with Crippen LogP contribution in [0.4, 0.5) is 0 Å². The Morgan fingerprint density at radius 3 is 2.69 bits per heavy atom. The Bertz CT molecular complexity index is 315. The van der Waals surface area contributed by atoms with Crippen LogP contribution < -0.4 is 5.32 Å². The number of rotatable bonds is 6. The lowest BCUT2D eigenvalue weighted by Gasteiger charge is -2.28. The predicted molar refractivity (Wildman–Crippen MR) is 68.4 cm³/mol. The first-order valence-electron chi connectivity index (χ1n) is 6.14. The van der Waals surface area contributed by atoms with Gasteiger partial charge in [0.15, 0.2) is 0 Å². The summed E-state index contributed by atoms with van der Waals surface area (Å²) in [5.41, 5.74) is 1.65. The number of nitrogens with zero attached hydrogens (tertiary/aromatic N) is 2. The van der Waals surface area contributed by atoms with Crippen LogP contribution in [-0.2, 0) is 13.5 Å². The van der Waals surface area contributed by atoms with Gasteiger partial charge in [0.05, 0.1) is 6.20 Å². The number of nitrogens with one attached hydrogen (secondary N) is 1. The topological polar surface area (TPSA) is 29.9 Å². The molecule has 0 spiro atoms. The van der Waals surface area contributed by atoms with Crippen molar-refractivity contribution in [3.63, 3.8) is 0 Å². The molecule has 1 aromatic rings. The molecule has 1 atom stereocenters. The van der Waals surface area contributed by atoms with E-state index < -0.39 is 0 Å². The molecule has 0 bridgehead atoms.